The third-order valence-electron chi connectivity index (χ3n) is 3.60. The van der Waals surface area contributed by atoms with Gasteiger partial charge in [-0.15, -0.1) is 0 Å². The minimum atomic E-state index is 0.798. The van der Waals surface area contributed by atoms with Crippen molar-refractivity contribution >= 4 is 0 Å². The Morgan fingerprint density at radius 1 is 1.21 bits per heavy atom. The summed E-state index contributed by atoms with van der Waals surface area (Å²) in [6, 6.07) is 0.798. The number of hydrogen-bond donors (Lipinski definition) is 1. The molecule has 82 valence electrons. The standard InChI is InChI=1S/C11H22N2O/c12-5-1-10-2-6-13(9-10)11-3-7-14-8-4-11/h10-11H,1-9,12H2. The number of rotatable bonds is 3. The van der Waals surface area contributed by atoms with Crippen LogP contribution >= 0.6 is 0 Å². The molecule has 1 unspecified atom stereocenters. The molecule has 0 radical (unpaired) electrons. The van der Waals surface area contributed by atoms with Crippen molar-refractivity contribution in [2.45, 2.75) is 31.7 Å². The predicted molar refractivity (Wildman–Crippen MR) is 57.2 cm³/mol. The first-order chi connectivity index (χ1) is 6.90. The molecule has 3 nitrogen and oxygen atoms in total. The van der Waals surface area contributed by atoms with Crippen molar-refractivity contribution in [1.82, 2.24) is 4.90 Å². The molecule has 0 amide bonds. The number of hydrogen-bond acceptors (Lipinski definition) is 3. The van der Waals surface area contributed by atoms with Crippen LogP contribution in [0.25, 0.3) is 0 Å². The third kappa shape index (κ3) is 2.47. The smallest absolute Gasteiger partial charge is 0.0480 e. The Hall–Kier alpha value is -0.120. The molecular formula is C11H22N2O. The average Bonchev–Trinajstić information content (AvgIpc) is 2.68. The Balaban J connectivity index is 1.76. The first-order valence-corrected chi connectivity index (χ1v) is 5.92. The zero-order chi connectivity index (χ0) is 9.80. The molecule has 0 aromatic rings. The van der Waals surface area contributed by atoms with Gasteiger partial charge in [0.15, 0.2) is 0 Å². The molecule has 2 heterocycles. The van der Waals surface area contributed by atoms with Crippen molar-refractivity contribution in [3.8, 4) is 0 Å². The molecule has 0 bridgehead atoms. The first-order valence-electron chi connectivity index (χ1n) is 5.92. The maximum atomic E-state index is 5.59. The van der Waals surface area contributed by atoms with Gasteiger partial charge in [-0.3, -0.25) is 4.90 Å². The quantitative estimate of drug-likeness (QED) is 0.730. The molecule has 14 heavy (non-hydrogen) atoms. The summed E-state index contributed by atoms with van der Waals surface area (Å²) in [5.41, 5.74) is 5.59. The van der Waals surface area contributed by atoms with E-state index in [2.05, 4.69) is 4.90 Å². The van der Waals surface area contributed by atoms with Gasteiger partial charge in [0.05, 0.1) is 0 Å². The number of likely N-dealkylation sites (tertiary alicyclic amines) is 1. The van der Waals surface area contributed by atoms with Gasteiger partial charge in [-0.2, -0.15) is 0 Å². The lowest BCUT2D eigenvalue weighted by molar-refractivity contribution is 0.0411. The molecule has 0 spiro atoms. The normalized spacial score (nSPS) is 31.1. The van der Waals surface area contributed by atoms with E-state index in [9.17, 15) is 0 Å². The van der Waals surface area contributed by atoms with E-state index in [4.69, 9.17) is 10.5 Å². The summed E-state index contributed by atoms with van der Waals surface area (Å²) in [5.74, 6) is 0.864. The van der Waals surface area contributed by atoms with Crippen LogP contribution in [0.5, 0.6) is 0 Å². The fourth-order valence-corrected chi connectivity index (χ4v) is 2.72. The monoisotopic (exact) mass is 198 g/mol. The predicted octanol–water partition coefficient (Wildman–Crippen LogP) is 0.836. The summed E-state index contributed by atoms with van der Waals surface area (Å²) in [5, 5.41) is 0. The highest BCUT2D eigenvalue weighted by Gasteiger charge is 2.28. The average molecular weight is 198 g/mol. The van der Waals surface area contributed by atoms with Crippen molar-refractivity contribution in [3.63, 3.8) is 0 Å². The van der Waals surface area contributed by atoms with E-state index in [0.717, 1.165) is 31.7 Å². The first kappa shape index (κ1) is 10.4. The molecule has 2 N–H and O–H groups in total. The Kier molecular flexibility index (Phi) is 3.79. The molecule has 2 fully saturated rings. The molecule has 3 heteroatoms. The zero-order valence-corrected chi connectivity index (χ0v) is 8.95. The summed E-state index contributed by atoms with van der Waals surface area (Å²) in [6.07, 6.45) is 5.03. The Labute approximate surface area is 86.6 Å². The molecule has 0 aromatic heterocycles. The number of ether oxygens (including phenoxy) is 1. The third-order valence-corrected chi connectivity index (χ3v) is 3.60. The van der Waals surface area contributed by atoms with Crippen molar-refractivity contribution in [2.24, 2.45) is 11.7 Å². The van der Waals surface area contributed by atoms with Gasteiger partial charge >= 0.3 is 0 Å². The van der Waals surface area contributed by atoms with Crippen LogP contribution in [0, 0.1) is 5.92 Å². The Bertz CT molecular complexity index is 169. The highest BCUT2D eigenvalue weighted by atomic mass is 16.5. The van der Waals surface area contributed by atoms with E-state index in [0.29, 0.717) is 0 Å². The van der Waals surface area contributed by atoms with E-state index in [1.165, 1.54) is 38.8 Å². The van der Waals surface area contributed by atoms with Gasteiger partial charge in [0.25, 0.3) is 0 Å². The largest absolute Gasteiger partial charge is 0.381 e. The van der Waals surface area contributed by atoms with Crippen LogP contribution in [-0.4, -0.2) is 43.8 Å². The van der Waals surface area contributed by atoms with E-state index in [1.807, 2.05) is 0 Å². The Morgan fingerprint density at radius 2 is 2.00 bits per heavy atom. The number of nitrogens with zero attached hydrogens (tertiary/aromatic N) is 1. The lowest BCUT2D eigenvalue weighted by atomic mass is 10.0. The van der Waals surface area contributed by atoms with Crippen molar-refractivity contribution in [3.05, 3.63) is 0 Å². The maximum absolute atomic E-state index is 5.59. The zero-order valence-electron chi connectivity index (χ0n) is 8.95. The topological polar surface area (TPSA) is 38.5 Å². The van der Waals surface area contributed by atoms with E-state index >= 15 is 0 Å². The van der Waals surface area contributed by atoms with Gasteiger partial charge in [0.2, 0.25) is 0 Å². The summed E-state index contributed by atoms with van der Waals surface area (Å²) in [4.78, 5) is 2.66. The minimum Gasteiger partial charge on any atom is -0.381 e. The minimum absolute atomic E-state index is 0.798. The van der Waals surface area contributed by atoms with Crippen LogP contribution in [0.4, 0.5) is 0 Å². The van der Waals surface area contributed by atoms with E-state index < -0.39 is 0 Å². The highest BCUT2D eigenvalue weighted by Crippen LogP contribution is 2.24. The van der Waals surface area contributed by atoms with Crippen LogP contribution in [0.15, 0.2) is 0 Å². The molecule has 2 saturated heterocycles. The highest BCUT2D eigenvalue weighted by molar-refractivity contribution is 4.82. The maximum Gasteiger partial charge on any atom is 0.0480 e. The molecular weight excluding hydrogens is 176 g/mol. The molecule has 0 aromatic carbocycles. The van der Waals surface area contributed by atoms with Gasteiger partial charge in [-0.25, -0.2) is 0 Å². The summed E-state index contributed by atoms with van der Waals surface area (Å²) in [7, 11) is 0. The molecule has 0 saturated carbocycles. The lowest BCUT2D eigenvalue weighted by Gasteiger charge is -2.31. The van der Waals surface area contributed by atoms with Crippen LogP contribution in [0.1, 0.15) is 25.7 Å². The van der Waals surface area contributed by atoms with Crippen LogP contribution < -0.4 is 5.73 Å². The lowest BCUT2D eigenvalue weighted by Crippen LogP contribution is -2.37. The van der Waals surface area contributed by atoms with Crippen molar-refractivity contribution < 1.29 is 4.74 Å². The SMILES string of the molecule is NCCC1CCN(C2CCOCC2)C1. The summed E-state index contributed by atoms with van der Waals surface area (Å²) in [6.45, 7) is 5.34. The molecule has 0 aliphatic carbocycles. The van der Waals surface area contributed by atoms with Gasteiger partial charge in [-0.05, 0) is 44.7 Å². The molecule has 2 aliphatic heterocycles. The number of nitrogens with two attached hydrogens (primary N) is 1. The van der Waals surface area contributed by atoms with Crippen LogP contribution in [0.2, 0.25) is 0 Å². The van der Waals surface area contributed by atoms with Crippen LogP contribution in [0.3, 0.4) is 0 Å². The summed E-state index contributed by atoms with van der Waals surface area (Å²) >= 11 is 0. The van der Waals surface area contributed by atoms with Gasteiger partial charge in [0, 0.05) is 25.8 Å². The van der Waals surface area contributed by atoms with Crippen molar-refractivity contribution in [1.29, 1.82) is 0 Å². The van der Waals surface area contributed by atoms with Crippen molar-refractivity contribution in [2.75, 3.05) is 32.8 Å². The summed E-state index contributed by atoms with van der Waals surface area (Å²) < 4.78 is 5.39. The fourth-order valence-electron chi connectivity index (χ4n) is 2.72. The van der Waals surface area contributed by atoms with Gasteiger partial charge < -0.3 is 10.5 Å². The Morgan fingerprint density at radius 3 is 2.71 bits per heavy atom. The van der Waals surface area contributed by atoms with E-state index in [-0.39, 0.29) is 0 Å². The van der Waals surface area contributed by atoms with Gasteiger partial charge in [-0.1, -0.05) is 0 Å². The van der Waals surface area contributed by atoms with Gasteiger partial charge in [0.1, 0.15) is 0 Å². The molecule has 1 atom stereocenters. The fraction of sp³-hybridized carbons (Fsp3) is 1.00. The second-order valence-corrected chi connectivity index (χ2v) is 4.57. The van der Waals surface area contributed by atoms with Crippen LogP contribution in [-0.2, 0) is 4.74 Å². The molecule has 2 aliphatic rings. The second-order valence-electron chi connectivity index (χ2n) is 4.57. The van der Waals surface area contributed by atoms with E-state index in [1.54, 1.807) is 0 Å². The second kappa shape index (κ2) is 5.10. The molecule has 2 rings (SSSR count).